The fraction of sp³-hybridized carbons (Fsp3) is 0.786. The summed E-state index contributed by atoms with van der Waals surface area (Å²) in [7, 11) is 3.40. The minimum absolute atomic E-state index is 0.0638. The van der Waals surface area contributed by atoms with Crippen LogP contribution in [0.15, 0.2) is 24.3 Å². The van der Waals surface area contributed by atoms with E-state index in [4.69, 9.17) is 47.4 Å². The molecule has 0 saturated carbocycles. The Morgan fingerprint density at radius 2 is 1.00 bits per heavy atom. The summed E-state index contributed by atoms with van der Waals surface area (Å²) in [6.45, 7) is 4.26. The lowest BCUT2D eigenvalue weighted by molar-refractivity contribution is -0.248. The van der Waals surface area contributed by atoms with E-state index < -0.39 is 0 Å². The molecule has 10 nitrogen and oxygen atoms in total. The van der Waals surface area contributed by atoms with Gasteiger partial charge >= 0.3 is 0 Å². The maximum Gasteiger partial charge on any atom is 0.147 e. The van der Waals surface area contributed by atoms with Crippen molar-refractivity contribution >= 4 is 0 Å². The highest BCUT2D eigenvalue weighted by Crippen LogP contribution is 2.24. The van der Waals surface area contributed by atoms with Crippen molar-refractivity contribution in [3.05, 3.63) is 35.4 Å². The Balaban J connectivity index is 1.38. The van der Waals surface area contributed by atoms with Gasteiger partial charge in [0.1, 0.15) is 38.0 Å². The second-order valence-corrected chi connectivity index (χ2v) is 9.73. The molecule has 38 heavy (non-hydrogen) atoms. The molecule has 3 heterocycles. The van der Waals surface area contributed by atoms with E-state index >= 15 is 0 Å². The monoisotopic (exact) mass is 540 g/mol. The molecular formula is C28H44O10. The largest absolute Gasteiger partial charge is 0.377 e. The van der Waals surface area contributed by atoms with Gasteiger partial charge in [0.05, 0.1) is 65.1 Å². The Kier molecular flexibility index (Phi) is 13.2. The zero-order valence-electron chi connectivity index (χ0n) is 22.8. The predicted octanol–water partition coefficient (Wildman–Crippen LogP) is 2.14. The summed E-state index contributed by atoms with van der Waals surface area (Å²) < 4.78 is 57.8. The lowest BCUT2D eigenvalue weighted by Crippen LogP contribution is -2.49. The first-order valence-electron chi connectivity index (χ1n) is 13.7. The molecule has 0 aromatic heterocycles. The van der Waals surface area contributed by atoms with E-state index in [9.17, 15) is 0 Å². The summed E-state index contributed by atoms with van der Waals surface area (Å²) in [5, 5.41) is 0. The third-order valence-corrected chi connectivity index (χ3v) is 7.25. The zero-order valence-corrected chi connectivity index (χ0v) is 22.8. The summed E-state index contributed by atoms with van der Waals surface area (Å²) in [5.74, 6) is 0. The van der Waals surface area contributed by atoms with E-state index in [1.165, 1.54) is 11.1 Å². The molecule has 3 aliphatic heterocycles. The fourth-order valence-corrected chi connectivity index (χ4v) is 5.19. The zero-order chi connectivity index (χ0) is 26.4. The Bertz CT molecular complexity index is 721. The highest BCUT2D eigenvalue weighted by molar-refractivity contribution is 5.24. The van der Waals surface area contributed by atoms with Gasteiger partial charge in [0.2, 0.25) is 0 Å². The molecule has 216 valence electrons. The van der Waals surface area contributed by atoms with Crippen LogP contribution >= 0.6 is 0 Å². The number of aryl methyl sites for hydroxylation is 2. The van der Waals surface area contributed by atoms with Crippen LogP contribution in [-0.4, -0.2) is 117 Å². The lowest BCUT2D eigenvalue weighted by atomic mass is 9.96. The molecule has 6 bridgehead atoms. The number of benzene rings is 1. The summed E-state index contributed by atoms with van der Waals surface area (Å²) >= 11 is 0. The smallest absolute Gasteiger partial charge is 0.147 e. The van der Waals surface area contributed by atoms with E-state index in [0.717, 1.165) is 25.7 Å². The second kappa shape index (κ2) is 16.8. The van der Waals surface area contributed by atoms with Gasteiger partial charge in [0, 0.05) is 14.2 Å². The van der Waals surface area contributed by atoms with Crippen molar-refractivity contribution in [3.8, 4) is 0 Å². The van der Waals surface area contributed by atoms with E-state index in [0.29, 0.717) is 52.9 Å². The van der Waals surface area contributed by atoms with Crippen molar-refractivity contribution in [2.75, 3.05) is 80.7 Å². The molecule has 4 rings (SSSR count). The van der Waals surface area contributed by atoms with Crippen molar-refractivity contribution in [2.24, 2.45) is 0 Å². The summed E-state index contributed by atoms with van der Waals surface area (Å²) in [6.07, 6.45) is 2.57. The van der Waals surface area contributed by atoms with Crippen LogP contribution in [0.1, 0.15) is 24.0 Å². The number of fused-ring (bicyclic) bond motifs is 6. The van der Waals surface area contributed by atoms with Crippen molar-refractivity contribution in [1.29, 1.82) is 0 Å². The SMILES string of the molecule is CO[C@@H]1[C@@H]2COCCOCCOCCOC[C@@H]3OCO[C@H](CCc4cccc(c4)CC[C@H]1OCO2)[C@@H]3OC. The van der Waals surface area contributed by atoms with Gasteiger partial charge in [-0.3, -0.25) is 0 Å². The average Bonchev–Trinajstić information content (AvgIpc) is 2.95. The third-order valence-electron chi connectivity index (χ3n) is 7.25. The predicted molar refractivity (Wildman–Crippen MR) is 137 cm³/mol. The molecule has 0 N–H and O–H groups in total. The number of methoxy groups -OCH3 is 2. The van der Waals surface area contributed by atoms with Crippen LogP contribution in [0.25, 0.3) is 0 Å². The van der Waals surface area contributed by atoms with E-state index in [2.05, 4.69) is 24.3 Å². The van der Waals surface area contributed by atoms with Gasteiger partial charge < -0.3 is 47.4 Å². The molecule has 0 aliphatic carbocycles. The Hall–Kier alpha value is -1.18. The van der Waals surface area contributed by atoms with Gasteiger partial charge in [-0.1, -0.05) is 24.3 Å². The van der Waals surface area contributed by atoms with Crippen molar-refractivity contribution < 1.29 is 47.4 Å². The summed E-state index contributed by atoms with van der Waals surface area (Å²) in [4.78, 5) is 0. The number of hydrogen-bond acceptors (Lipinski definition) is 10. The first-order chi connectivity index (χ1) is 18.8. The van der Waals surface area contributed by atoms with E-state index in [1.54, 1.807) is 14.2 Å². The number of rotatable bonds is 2. The van der Waals surface area contributed by atoms with Crippen molar-refractivity contribution in [2.45, 2.75) is 62.3 Å². The molecule has 2 saturated heterocycles. The Labute approximate surface area is 226 Å². The molecule has 0 radical (unpaired) electrons. The minimum atomic E-state index is -0.192. The maximum absolute atomic E-state index is 5.93. The molecule has 10 heteroatoms. The fourth-order valence-electron chi connectivity index (χ4n) is 5.19. The first kappa shape index (κ1) is 29.8. The third kappa shape index (κ3) is 9.19. The number of ether oxygens (including phenoxy) is 10. The second-order valence-electron chi connectivity index (χ2n) is 9.73. The standard InChI is InChI=1S/C28H44O10/c1-29-27-23-8-6-21-4-3-5-22(16-21)7-9-24-28(30-2)26(38-20-36-24)18-34-15-13-32-11-10-31-12-14-33-17-25(27)37-19-35-23/h3-5,16,23-28H,6-15,17-20H2,1-2H3/t23-,24-,25+,26+,27+,28+/m1/s1. The Morgan fingerprint density at radius 1 is 0.579 bits per heavy atom. The molecule has 3 aliphatic rings. The normalized spacial score (nSPS) is 33.5. The quantitative estimate of drug-likeness (QED) is 0.556. The number of hydrogen-bond donors (Lipinski definition) is 0. The van der Waals surface area contributed by atoms with Crippen LogP contribution in [0.3, 0.4) is 0 Å². The van der Waals surface area contributed by atoms with Crippen LogP contribution in [0.2, 0.25) is 0 Å². The molecule has 6 atom stereocenters. The van der Waals surface area contributed by atoms with Gasteiger partial charge in [-0.15, -0.1) is 0 Å². The summed E-state index contributed by atoms with van der Waals surface area (Å²) in [6, 6.07) is 8.71. The minimum Gasteiger partial charge on any atom is -0.377 e. The van der Waals surface area contributed by atoms with Gasteiger partial charge in [-0.05, 0) is 36.8 Å². The van der Waals surface area contributed by atoms with Crippen molar-refractivity contribution in [1.82, 2.24) is 0 Å². The lowest BCUT2D eigenvalue weighted by Gasteiger charge is -2.37. The van der Waals surface area contributed by atoms with Gasteiger partial charge in [-0.25, -0.2) is 0 Å². The molecule has 1 aromatic carbocycles. The van der Waals surface area contributed by atoms with Crippen LogP contribution in [-0.2, 0) is 60.2 Å². The first-order valence-corrected chi connectivity index (χ1v) is 13.7. The van der Waals surface area contributed by atoms with Gasteiger partial charge in [-0.2, -0.15) is 0 Å². The molecule has 2 fully saturated rings. The van der Waals surface area contributed by atoms with Gasteiger partial charge in [0.25, 0.3) is 0 Å². The van der Waals surface area contributed by atoms with Crippen LogP contribution in [0.4, 0.5) is 0 Å². The Morgan fingerprint density at radius 3 is 1.45 bits per heavy atom. The highest BCUT2D eigenvalue weighted by atomic mass is 16.7. The van der Waals surface area contributed by atoms with Crippen LogP contribution in [0, 0.1) is 0 Å². The molecular weight excluding hydrogens is 496 g/mol. The maximum atomic E-state index is 5.93. The van der Waals surface area contributed by atoms with Crippen molar-refractivity contribution in [3.63, 3.8) is 0 Å². The average molecular weight is 541 g/mol. The van der Waals surface area contributed by atoms with E-state index in [1.807, 2.05) is 0 Å². The van der Waals surface area contributed by atoms with E-state index in [-0.39, 0.29) is 50.2 Å². The molecule has 1 aromatic rings. The molecule has 0 amide bonds. The highest BCUT2D eigenvalue weighted by Gasteiger charge is 2.36. The van der Waals surface area contributed by atoms with Crippen LogP contribution in [0.5, 0.6) is 0 Å². The van der Waals surface area contributed by atoms with Crippen LogP contribution < -0.4 is 0 Å². The summed E-state index contributed by atoms with van der Waals surface area (Å²) in [5.41, 5.74) is 2.54. The molecule has 0 unspecified atom stereocenters. The molecule has 0 spiro atoms. The topological polar surface area (TPSA) is 92.3 Å². The van der Waals surface area contributed by atoms with Gasteiger partial charge in [0.15, 0.2) is 0 Å².